The first-order valence-electron chi connectivity index (χ1n) is 7.06. The normalized spacial score (nSPS) is 22.8. The first-order chi connectivity index (χ1) is 9.47. The molecule has 1 aromatic carbocycles. The predicted molar refractivity (Wildman–Crippen MR) is 76.0 cm³/mol. The summed E-state index contributed by atoms with van der Waals surface area (Å²) in [6, 6.07) is 5.83. The number of hydrogen-bond donors (Lipinski definition) is 2. The zero-order valence-electron chi connectivity index (χ0n) is 12.0. The third-order valence-corrected chi connectivity index (χ3v) is 4.17. The van der Waals surface area contributed by atoms with Crippen LogP contribution >= 0.6 is 0 Å². The van der Waals surface area contributed by atoms with Crippen molar-refractivity contribution in [1.29, 1.82) is 5.41 Å². The molecule has 1 fully saturated rings. The molecule has 0 aromatic heterocycles. The van der Waals surface area contributed by atoms with E-state index in [9.17, 15) is 5.11 Å². The second kappa shape index (κ2) is 4.65. The number of rotatable bonds is 2. The number of aliphatic hydroxyl groups excluding tert-OH is 1. The van der Waals surface area contributed by atoms with E-state index in [1.165, 1.54) is 0 Å². The Morgan fingerprint density at radius 3 is 2.65 bits per heavy atom. The van der Waals surface area contributed by atoms with Gasteiger partial charge in [0.1, 0.15) is 0 Å². The van der Waals surface area contributed by atoms with Gasteiger partial charge in [0.25, 0.3) is 0 Å². The molecular formula is C16H21NO3. The Morgan fingerprint density at radius 2 is 2.00 bits per heavy atom. The molecule has 4 nitrogen and oxygen atoms in total. The minimum absolute atomic E-state index is 0.0451. The van der Waals surface area contributed by atoms with E-state index >= 15 is 0 Å². The van der Waals surface area contributed by atoms with Crippen molar-refractivity contribution < 1.29 is 14.6 Å². The van der Waals surface area contributed by atoms with E-state index in [-0.39, 0.29) is 17.7 Å². The molecule has 0 unspecified atom stereocenters. The minimum atomic E-state index is -0.642. The Kier molecular flexibility index (Phi) is 3.20. The average Bonchev–Trinajstić information content (AvgIpc) is 2.81. The summed E-state index contributed by atoms with van der Waals surface area (Å²) >= 11 is 0. The summed E-state index contributed by atoms with van der Waals surface area (Å²) in [5.41, 5.74) is 3.24. The van der Waals surface area contributed by atoms with Crippen LogP contribution in [0.1, 0.15) is 37.0 Å². The maximum Gasteiger partial charge on any atom is 0.195 e. The summed E-state index contributed by atoms with van der Waals surface area (Å²) in [4.78, 5) is 0. The van der Waals surface area contributed by atoms with Crippen molar-refractivity contribution in [3.8, 4) is 0 Å². The van der Waals surface area contributed by atoms with Crippen molar-refractivity contribution in [2.75, 3.05) is 19.8 Å². The third-order valence-electron chi connectivity index (χ3n) is 4.17. The quantitative estimate of drug-likeness (QED) is 0.813. The van der Waals surface area contributed by atoms with Gasteiger partial charge in [0.05, 0.1) is 25.5 Å². The fourth-order valence-electron chi connectivity index (χ4n) is 3.01. The van der Waals surface area contributed by atoms with Crippen molar-refractivity contribution >= 4 is 5.71 Å². The lowest BCUT2D eigenvalue weighted by Gasteiger charge is -2.42. The summed E-state index contributed by atoms with van der Waals surface area (Å²) in [5.74, 6) is -0.642. The summed E-state index contributed by atoms with van der Waals surface area (Å²) in [6.45, 7) is 5.38. The van der Waals surface area contributed by atoms with Crippen LogP contribution in [0, 0.1) is 10.8 Å². The Hall–Kier alpha value is -1.23. The van der Waals surface area contributed by atoms with Crippen molar-refractivity contribution in [3.63, 3.8) is 0 Å². The van der Waals surface area contributed by atoms with Crippen molar-refractivity contribution in [2.24, 2.45) is 5.41 Å². The van der Waals surface area contributed by atoms with Gasteiger partial charge in [0.15, 0.2) is 5.79 Å². The number of fused-ring (bicyclic) bond motifs is 2. The average molecular weight is 275 g/mol. The standard InChI is InChI=1S/C16H21NO3/c1-15(2)9-19-16(20-10-15)7-6-11-12(14(17)8-18)4-3-5-13(11)16/h3-5,17-18H,6-10H2,1-2H3. The molecule has 108 valence electrons. The molecule has 2 N–H and O–H groups in total. The van der Waals surface area contributed by atoms with Gasteiger partial charge in [0, 0.05) is 23.0 Å². The van der Waals surface area contributed by atoms with Crippen LogP contribution in [0.25, 0.3) is 0 Å². The van der Waals surface area contributed by atoms with E-state index in [1.54, 1.807) is 0 Å². The molecule has 20 heavy (non-hydrogen) atoms. The van der Waals surface area contributed by atoms with Gasteiger partial charge in [-0.25, -0.2) is 0 Å². The van der Waals surface area contributed by atoms with Crippen LogP contribution < -0.4 is 0 Å². The van der Waals surface area contributed by atoms with Crippen LogP contribution in [0.4, 0.5) is 0 Å². The SMILES string of the molecule is CC1(C)COC2(CCc3c(C(=N)CO)cccc32)OC1. The Balaban J connectivity index is 1.97. The van der Waals surface area contributed by atoms with Crippen molar-refractivity contribution in [1.82, 2.24) is 0 Å². The van der Waals surface area contributed by atoms with Gasteiger partial charge in [-0.2, -0.15) is 0 Å². The molecule has 0 atom stereocenters. The van der Waals surface area contributed by atoms with E-state index in [0.29, 0.717) is 13.2 Å². The van der Waals surface area contributed by atoms with Crippen molar-refractivity contribution in [2.45, 2.75) is 32.5 Å². The number of aliphatic hydroxyl groups is 1. The van der Waals surface area contributed by atoms with Crippen LogP contribution in [0.15, 0.2) is 18.2 Å². The number of ether oxygens (including phenoxy) is 2. The molecule has 3 rings (SSSR count). The van der Waals surface area contributed by atoms with Crippen LogP contribution in [0.5, 0.6) is 0 Å². The first-order valence-corrected chi connectivity index (χ1v) is 7.06. The van der Waals surface area contributed by atoms with E-state index in [2.05, 4.69) is 13.8 Å². The van der Waals surface area contributed by atoms with Gasteiger partial charge >= 0.3 is 0 Å². The number of hydrogen-bond acceptors (Lipinski definition) is 4. The fraction of sp³-hybridized carbons (Fsp3) is 0.562. The molecule has 1 spiro atoms. The highest BCUT2D eigenvalue weighted by Gasteiger charge is 2.46. The minimum Gasteiger partial charge on any atom is -0.390 e. The van der Waals surface area contributed by atoms with E-state index in [4.69, 9.17) is 14.9 Å². The van der Waals surface area contributed by atoms with Crippen LogP contribution in [-0.2, 0) is 21.7 Å². The second-order valence-electron chi connectivity index (χ2n) is 6.46. The van der Waals surface area contributed by atoms with E-state index < -0.39 is 5.79 Å². The second-order valence-corrected chi connectivity index (χ2v) is 6.46. The lowest BCUT2D eigenvalue weighted by Crippen LogP contribution is -2.44. The van der Waals surface area contributed by atoms with Gasteiger partial charge < -0.3 is 20.0 Å². The molecule has 0 saturated carbocycles. The molecular weight excluding hydrogens is 254 g/mol. The van der Waals surface area contributed by atoms with Gasteiger partial charge in [-0.05, 0) is 12.0 Å². The molecule has 4 heteroatoms. The van der Waals surface area contributed by atoms with Crippen LogP contribution in [0.2, 0.25) is 0 Å². The van der Waals surface area contributed by atoms with E-state index in [0.717, 1.165) is 29.5 Å². The predicted octanol–water partition coefficient (Wildman–Crippen LogP) is 2.22. The number of nitrogens with one attached hydrogen (secondary N) is 1. The first kappa shape index (κ1) is 13.7. The lowest BCUT2D eigenvalue weighted by atomic mass is 9.93. The topological polar surface area (TPSA) is 62.5 Å². The fourth-order valence-corrected chi connectivity index (χ4v) is 3.01. The van der Waals surface area contributed by atoms with Crippen molar-refractivity contribution in [3.05, 3.63) is 34.9 Å². The highest BCUT2D eigenvalue weighted by Crippen LogP contribution is 2.46. The molecule has 0 radical (unpaired) electrons. The third kappa shape index (κ3) is 2.08. The summed E-state index contributed by atoms with van der Waals surface area (Å²) in [5, 5.41) is 17.1. The smallest absolute Gasteiger partial charge is 0.195 e. The molecule has 1 aliphatic carbocycles. The maximum atomic E-state index is 9.20. The lowest BCUT2D eigenvalue weighted by molar-refractivity contribution is -0.306. The molecule has 1 heterocycles. The molecule has 1 saturated heterocycles. The molecule has 1 aromatic rings. The Labute approximate surface area is 119 Å². The van der Waals surface area contributed by atoms with Gasteiger partial charge in [-0.15, -0.1) is 0 Å². The molecule has 0 amide bonds. The Bertz CT molecular complexity index is 541. The largest absolute Gasteiger partial charge is 0.390 e. The monoisotopic (exact) mass is 275 g/mol. The molecule has 0 bridgehead atoms. The summed E-state index contributed by atoms with van der Waals surface area (Å²) in [7, 11) is 0. The molecule has 2 aliphatic rings. The summed E-state index contributed by atoms with van der Waals surface area (Å²) < 4.78 is 12.2. The summed E-state index contributed by atoms with van der Waals surface area (Å²) in [6.07, 6.45) is 1.61. The zero-order chi connectivity index (χ0) is 14.4. The highest BCUT2D eigenvalue weighted by molar-refractivity contribution is 6.00. The Morgan fingerprint density at radius 1 is 1.30 bits per heavy atom. The zero-order valence-corrected chi connectivity index (χ0v) is 12.0. The van der Waals surface area contributed by atoms with Gasteiger partial charge in [-0.3, -0.25) is 0 Å². The molecule has 1 aliphatic heterocycles. The number of benzene rings is 1. The van der Waals surface area contributed by atoms with E-state index in [1.807, 2.05) is 18.2 Å². The van der Waals surface area contributed by atoms with Gasteiger partial charge in [0.2, 0.25) is 0 Å². The van der Waals surface area contributed by atoms with Crippen LogP contribution in [-0.4, -0.2) is 30.6 Å². The maximum absolute atomic E-state index is 9.20. The van der Waals surface area contributed by atoms with Gasteiger partial charge in [-0.1, -0.05) is 32.0 Å². The van der Waals surface area contributed by atoms with Crippen LogP contribution in [0.3, 0.4) is 0 Å². The highest BCUT2D eigenvalue weighted by atomic mass is 16.7.